The lowest BCUT2D eigenvalue weighted by Gasteiger charge is -2.10. The van der Waals surface area contributed by atoms with Gasteiger partial charge in [0.2, 0.25) is 0 Å². The Balaban J connectivity index is 1.15. The standard InChI is InChI=1S/C44H26N4S2/c1-4-12-28(13-5-1)41-46-42(29-14-6-2-7-15-29)48-43(47-41)32-23-21-27-20-22-31(24-33(27)25-32)35-26-37-39(45-44(50-37)30-16-8-3-9-17-30)38-34-18-10-11-19-36(34)49-40(35)38/h1-26H. The van der Waals surface area contributed by atoms with Crippen molar-refractivity contribution in [2.45, 2.75) is 0 Å². The summed E-state index contributed by atoms with van der Waals surface area (Å²) in [4.78, 5) is 20.1. The molecule has 0 unspecified atom stereocenters. The van der Waals surface area contributed by atoms with Crippen LogP contribution >= 0.6 is 22.7 Å². The molecule has 3 heterocycles. The Morgan fingerprint density at radius 3 is 1.62 bits per heavy atom. The lowest BCUT2D eigenvalue weighted by molar-refractivity contribution is 1.07. The van der Waals surface area contributed by atoms with E-state index in [1.807, 2.05) is 72.0 Å². The van der Waals surface area contributed by atoms with Crippen molar-refractivity contribution in [2.75, 3.05) is 0 Å². The highest BCUT2D eigenvalue weighted by atomic mass is 32.1. The van der Waals surface area contributed by atoms with E-state index in [-0.39, 0.29) is 0 Å². The minimum Gasteiger partial charge on any atom is -0.235 e. The average Bonchev–Trinajstić information content (AvgIpc) is 3.80. The normalized spacial score (nSPS) is 11.6. The van der Waals surface area contributed by atoms with Crippen LogP contribution in [0.3, 0.4) is 0 Å². The van der Waals surface area contributed by atoms with Crippen molar-refractivity contribution >= 4 is 63.8 Å². The van der Waals surface area contributed by atoms with Gasteiger partial charge in [-0.3, -0.25) is 0 Å². The zero-order chi connectivity index (χ0) is 33.0. The number of hydrogen-bond donors (Lipinski definition) is 0. The predicted molar refractivity (Wildman–Crippen MR) is 211 cm³/mol. The topological polar surface area (TPSA) is 51.6 Å². The fourth-order valence-corrected chi connectivity index (χ4v) is 8.95. The van der Waals surface area contributed by atoms with Crippen molar-refractivity contribution in [1.82, 2.24) is 19.9 Å². The summed E-state index contributed by atoms with van der Waals surface area (Å²) in [5.41, 5.74) is 7.48. The highest BCUT2D eigenvalue weighted by Gasteiger charge is 2.19. The number of thiophene rings is 1. The summed E-state index contributed by atoms with van der Waals surface area (Å²) >= 11 is 3.60. The molecule has 234 valence electrons. The van der Waals surface area contributed by atoms with Gasteiger partial charge < -0.3 is 0 Å². The van der Waals surface area contributed by atoms with Crippen molar-refractivity contribution in [3.63, 3.8) is 0 Å². The molecule has 0 fully saturated rings. The first-order valence-corrected chi connectivity index (χ1v) is 18.1. The third kappa shape index (κ3) is 4.96. The molecule has 3 aromatic heterocycles. The van der Waals surface area contributed by atoms with Crippen molar-refractivity contribution in [2.24, 2.45) is 0 Å². The third-order valence-electron chi connectivity index (χ3n) is 9.14. The fraction of sp³-hybridized carbons (Fsp3) is 0. The van der Waals surface area contributed by atoms with Crippen molar-refractivity contribution < 1.29 is 0 Å². The minimum absolute atomic E-state index is 0.649. The number of benzene rings is 7. The number of nitrogens with zero attached hydrogens (tertiary/aromatic N) is 4. The molecule has 6 heteroatoms. The molecule has 50 heavy (non-hydrogen) atoms. The predicted octanol–water partition coefficient (Wildman–Crippen LogP) is 12.3. The molecule has 0 bridgehead atoms. The van der Waals surface area contributed by atoms with E-state index in [9.17, 15) is 0 Å². The van der Waals surface area contributed by atoms with Gasteiger partial charge in [0.15, 0.2) is 17.5 Å². The number of rotatable bonds is 5. The Kier molecular flexibility index (Phi) is 6.82. The maximum absolute atomic E-state index is 5.23. The van der Waals surface area contributed by atoms with Crippen molar-refractivity contribution in [1.29, 1.82) is 0 Å². The van der Waals surface area contributed by atoms with Gasteiger partial charge in [-0.15, -0.1) is 22.7 Å². The summed E-state index contributed by atoms with van der Waals surface area (Å²) in [6.45, 7) is 0. The van der Waals surface area contributed by atoms with Crippen LogP contribution in [0.5, 0.6) is 0 Å². The zero-order valence-corrected chi connectivity index (χ0v) is 28.2. The molecule has 0 N–H and O–H groups in total. The number of thiazole rings is 1. The summed E-state index contributed by atoms with van der Waals surface area (Å²) in [7, 11) is 0. The van der Waals surface area contributed by atoms with Crippen LogP contribution in [-0.4, -0.2) is 19.9 Å². The number of aromatic nitrogens is 4. The van der Waals surface area contributed by atoms with Gasteiger partial charge in [0.25, 0.3) is 0 Å². The lowest BCUT2D eigenvalue weighted by Crippen LogP contribution is -2.00. The van der Waals surface area contributed by atoms with Gasteiger partial charge in [-0.1, -0.05) is 133 Å². The van der Waals surface area contributed by atoms with E-state index in [1.54, 1.807) is 11.3 Å². The van der Waals surface area contributed by atoms with Crippen LogP contribution in [0.2, 0.25) is 0 Å². The van der Waals surface area contributed by atoms with Gasteiger partial charge in [0, 0.05) is 48.0 Å². The maximum atomic E-state index is 5.23. The Bertz CT molecular complexity index is 2800. The van der Waals surface area contributed by atoms with Crippen LogP contribution < -0.4 is 0 Å². The first-order valence-electron chi connectivity index (χ1n) is 16.5. The smallest absolute Gasteiger partial charge is 0.164 e. The van der Waals surface area contributed by atoms with E-state index < -0.39 is 0 Å². The van der Waals surface area contributed by atoms with Crippen molar-refractivity contribution in [3.05, 3.63) is 158 Å². The second-order valence-corrected chi connectivity index (χ2v) is 14.4. The van der Waals surface area contributed by atoms with Crippen LogP contribution in [0.15, 0.2) is 158 Å². The molecule has 0 spiro atoms. The van der Waals surface area contributed by atoms with Crippen LogP contribution in [0.25, 0.3) is 97.0 Å². The molecule has 10 rings (SSSR count). The quantitative estimate of drug-likeness (QED) is 0.182. The third-order valence-corrected chi connectivity index (χ3v) is 11.4. The van der Waals surface area contributed by atoms with E-state index in [4.69, 9.17) is 19.9 Å². The molecule has 0 saturated heterocycles. The van der Waals surface area contributed by atoms with E-state index in [2.05, 4.69) is 97.1 Å². The molecular formula is C44H26N4S2. The van der Waals surface area contributed by atoms with E-state index >= 15 is 0 Å². The summed E-state index contributed by atoms with van der Waals surface area (Å²) in [5, 5.41) is 5.82. The van der Waals surface area contributed by atoms with E-state index in [0.29, 0.717) is 17.5 Å². The summed E-state index contributed by atoms with van der Waals surface area (Å²) < 4.78 is 3.72. The molecule has 0 aliphatic heterocycles. The Morgan fingerprint density at radius 1 is 0.380 bits per heavy atom. The molecule has 0 saturated carbocycles. The van der Waals surface area contributed by atoms with E-state index in [0.717, 1.165) is 43.6 Å². The maximum Gasteiger partial charge on any atom is 0.164 e. The Hall–Kier alpha value is -6.08. The highest BCUT2D eigenvalue weighted by Crippen LogP contribution is 2.46. The van der Waals surface area contributed by atoms with Crippen molar-refractivity contribution in [3.8, 4) is 55.9 Å². The largest absolute Gasteiger partial charge is 0.235 e. The first-order chi connectivity index (χ1) is 24.7. The van der Waals surface area contributed by atoms with Gasteiger partial charge in [-0.25, -0.2) is 19.9 Å². The highest BCUT2D eigenvalue weighted by molar-refractivity contribution is 7.27. The molecular weight excluding hydrogens is 649 g/mol. The summed E-state index contributed by atoms with van der Waals surface area (Å²) in [6, 6.07) is 55.0. The van der Waals surface area contributed by atoms with Gasteiger partial charge in [0.1, 0.15) is 5.01 Å². The van der Waals surface area contributed by atoms with Crippen LogP contribution in [0, 0.1) is 0 Å². The fourth-order valence-electron chi connectivity index (χ4n) is 6.69. The van der Waals surface area contributed by atoms with Gasteiger partial charge >= 0.3 is 0 Å². The molecule has 0 aliphatic rings. The van der Waals surface area contributed by atoms with E-state index in [1.165, 1.54) is 36.0 Å². The second kappa shape index (κ2) is 11.8. The monoisotopic (exact) mass is 674 g/mol. The summed E-state index contributed by atoms with van der Waals surface area (Å²) in [5.74, 6) is 1.96. The summed E-state index contributed by atoms with van der Waals surface area (Å²) in [6.07, 6.45) is 0. The molecule has 4 nitrogen and oxygen atoms in total. The Morgan fingerprint density at radius 2 is 0.940 bits per heavy atom. The number of fused-ring (bicyclic) bond motifs is 6. The van der Waals surface area contributed by atoms with Crippen LogP contribution in [-0.2, 0) is 0 Å². The SMILES string of the molecule is c1ccc(-c2nc(-c3ccccc3)nc(-c3ccc4ccc(-c5cc6sc(-c7ccccc7)nc6c6c5sc5ccccc56)cc4c3)n2)cc1. The molecule has 7 aromatic carbocycles. The average molecular weight is 675 g/mol. The molecule has 0 radical (unpaired) electrons. The molecule has 0 aliphatic carbocycles. The first kappa shape index (κ1) is 28.9. The molecule has 0 atom stereocenters. The Labute approximate surface area is 296 Å². The van der Waals surface area contributed by atoms with Crippen LogP contribution in [0.1, 0.15) is 0 Å². The zero-order valence-electron chi connectivity index (χ0n) is 26.6. The molecule has 0 amide bonds. The minimum atomic E-state index is 0.649. The number of hydrogen-bond acceptors (Lipinski definition) is 6. The van der Waals surface area contributed by atoms with Gasteiger partial charge in [-0.05, 0) is 40.6 Å². The lowest BCUT2D eigenvalue weighted by atomic mass is 9.98. The van der Waals surface area contributed by atoms with Gasteiger partial charge in [-0.2, -0.15) is 0 Å². The van der Waals surface area contributed by atoms with Crippen LogP contribution in [0.4, 0.5) is 0 Å². The van der Waals surface area contributed by atoms with Gasteiger partial charge in [0.05, 0.1) is 10.2 Å². The molecule has 10 aromatic rings. The second-order valence-electron chi connectivity index (χ2n) is 12.3.